The molecule has 0 spiro atoms. The highest BCUT2D eigenvalue weighted by Crippen LogP contribution is 2.29. The molecule has 3 heteroatoms. The highest BCUT2D eigenvalue weighted by molar-refractivity contribution is 5.36. The first kappa shape index (κ1) is 13.3. The summed E-state index contributed by atoms with van der Waals surface area (Å²) in [6.07, 6.45) is 6.45. The molecule has 1 aromatic rings. The van der Waals surface area contributed by atoms with Crippen LogP contribution in [0.15, 0.2) is 18.2 Å². The van der Waals surface area contributed by atoms with Crippen LogP contribution in [0.4, 0.5) is 4.39 Å². The zero-order valence-corrected chi connectivity index (χ0v) is 11.0. The van der Waals surface area contributed by atoms with Gasteiger partial charge in [-0.15, -0.1) is 0 Å². The number of rotatable bonds is 5. The fourth-order valence-electron chi connectivity index (χ4n) is 2.64. The van der Waals surface area contributed by atoms with E-state index in [9.17, 15) is 4.39 Å². The topological polar surface area (TPSA) is 35.2 Å². The van der Waals surface area contributed by atoms with Gasteiger partial charge in [0.15, 0.2) is 0 Å². The maximum absolute atomic E-state index is 13.2. The van der Waals surface area contributed by atoms with Gasteiger partial charge < -0.3 is 10.5 Å². The fraction of sp³-hybridized carbons (Fsp3) is 0.600. The summed E-state index contributed by atoms with van der Waals surface area (Å²) >= 11 is 0. The van der Waals surface area contributed by atoms with Gasteiger partial charge in [0.05, 0.1) is 6.61 Å². The van der Waals surface area contributed by atoms with Crippen molar-refractivity contribution in [1.29, 1.82) is 0 Å². The summed E-state index contributed by atoms with van der Waals surface area (Å²) in [5.74, 6) is 1.28. The standard InChI is InChI=1S/C15H22FNO/c1-11(17)14-10-13(16)6-7-15(14)18-9-8-12-4-2-3-5-12/h6-7,10-12H,2-5,8-9,17H2,1H3. The first-order valence-electron chi connectivity index (χ1n) is 6.84. The van der Waals surface area contributed by atoms with E-state index in [2.05, 4.69) is 0 Å². The number of benzene rings is 1. The number of halogens is 1. The molecule has 1 aromatic carbocycles. The quantitative estimate of drug-likeness (QED) is 0.863. The minimum Gasteiger partial charge on any atom is -0.493 e. The maximum atomic E-state index is 13.2. The maximum Gasteiger partial charge on any atom is 0.124 e. The molecule has 0 saturated heterocycles. The molecule has 1 fully saturated rings. The Labute approximate surface area is 108 Å². The second-order valence-electron chi connectivity index (χ2n) is 5.26. The molecule has 0 aromatic heterocycles. The van der Waals surface area contributed by atoms with Crippen molar-refractivity contribution in [3.05, 3.63) is 29.6 Å². The van der Waals surface area contributed by atoms with E-state index in [0.717, 1.165) is 23.7 Å². The Hall–Kier alpha value is -1.09. The Morgan fingerprint density at radius 2 is 2.11 bits per heavy atom. The molecule has 2 N–H and O–H groups in total. The van der Waals surface area contributed by atoms with Crippen LogP contribution in [0.5, 0.6) is 5.75 Å². The van der Waals surface area contributed by atoms with Gasteiger partial charge in [-0.1, -0.05) is 25.7 Å². The van der Waals surface area contributed by atoms with E-state index >= 15 is 0 Å². The van der Waals surface area contributed by atoms with E-state index in [1.807, 2.05) is 6.92 Å². The number of hydrogen-bond donors (Lipinski definition) is 1. The fourth-order valence-corrected chi connectivity index (χ4v) is 2.64. The van der Waals surface area contributed by atoms with Gasteiger partial charge in [0.1, 0.15) is 11.6 Å². The molecule has 0 aliphatic heterocycles. The molecule has 1 unspecified atom stereocenters. The van der Waals surface area contributed by atoms with Crippen LogP contribution in [-0.2, 0) is 0 Å². The molecule has 0 heterocycles. The lowest BCUT2D eigenvalue weighted by Crippen LogP contribution is -2.10. The molecule has 2 nitrogen and oxygen atoms in total. The van der Waals surface area contributed by atoms with Crippen molar-refractivity contribution in [3.63, 3.8) is 0 Å². The second kappa shape index (κ2) is 6.19. The summed E-state index contributed by atoms with van der Waals surface area (Å²) in [5, 5.41) is 0. The Kier molecular flexibility index (Phi) is 4.59. The van der Waals surface area contributed by atoms with Crippen molar-refractivity contribution in [1.82, 2.24) is 0 Å². The minimum absolute atomic E-state index is 0.206. The predicted octanol–water partition coefficient (Wildman–Crippen LogP) is 3.80. The summed E-state index contributed by atoms with van der Waals surface area (Å²) in [6, 6.07) is 4.37. The molecule has 18 heavy (non-hydrogen) atoms. The highest BCUT2D eigenvalue weighted by atomic mass is 19.1. The molecular formula is C15H22FNO. The molecular weight excluding hydrogens is 229 g/mol. The first-order valence-corrected chi connectivity index (χ1v) is 6.84. The molecule has 1 aliphatic rings. The Morgan fingerprint density at radius 3 is 2.78 bits per heavy atom. The molecule has 1 saturated carbocycles. The number of ether oxygens (including phenoxy) is 1. The van der Waals surface area contributed by atoms with Crippen LogP contribution in [-0.4, -0.2) is 6.61 Å². The van der Waals surface area contributed by atoms with Gasteiger partial charge in [0, 0.05) is 11.6 Å². The normalized spacial score (nSPS) is 17.9. The second-order valence-corrected chi connectivity index (χ2v) is 5.26. The van der Waals surface area contributed by atoms with Crippen molar-refractivity contribution < 1.29 is 9.13 Å². The summed E-state index contributed by atoms with van der Waals surface area (Å²) in [4.78, 5) is 0. The van der Waals surface area contributed by atoms with Crippen LogP contribution in [0, 0.1) is 11.7 Å². The molecule has 1 atom stereocenters. The van der Waals surface area contributed by atoms with Crippen LogP contribution >= 0.6 is 0 Å². The van der Waals surface area contributed by atoms with Crippen molar-refractivity contribution in [2.24, 2.45) is 11.7 Å². The first-order chi connectivity index (χ1) is 8.66. The van der Waals surface area contributed by atoms with Crippen molar-refractivity contribution >= 4 is 0 Å². The van der Waals surface area contributed by atoms with E-state index in [-0.39, 0.29) is 11.9 Å². The Balaban J connectivity index is 1.91. The van der Waals surface area contributed by atoms with Gasteiger partial charge in [-0.3, -0.25) is 0 Å². The van der Waals surface area contributed by atoms with Crippen molar-refractivity contribution in [2.75, 3.05) is 6.61 Å². The van der Waals surface area contributed by atoms with Gasteiger partial charge >= 0.3 is 0 Å². The number of nitrogens with two attached hydrogens (primary N) is 1. The monoisotopic (exact) mass is 251 g/mol. The van der Waals surface area contributed by atoms with Crippen molar-refractivity contribution in [3.8, 4) is 5.75 Å². The predicted molar refractivity (Wildman–Crippen MR) is 71.1 cm³/mol. The van der Waals surface area contributed by atoms with Crippen molar-refractivity contribution in [2.45, 2.75) is 45.1 Å². The summed E-state index contributed by atoms with van der Waals surface area (Å²) in [6.45, 7) is 2.55. The molecule has 1 aliphatic carbocycles. The number of hydrogen-bond acceptors (Lipinski definition) is 2. The summed E-state index contributed by atoms with van der Waals surface area (Å²) in [5.41, 5.74) is 6.58. The summed E-state index contributed by atoms with van der Waals surface area (Å²) in [7, 11) is 0. The van der Waals surface area contributed by atoms with E-state index < -0.39 is 0 Å². The average Bonchev–Trinajstić information content (AvgIpc) is 2.84. The molecule has 0 amide bonds. The van der Waals surface area contributed by atoms with Gasteiger partial charge in [-0.25, -0.2) is 4.39 Å². The largest absolute Gasteiger partial charge is 0.493 e. The molecule has 2 rings (SSSR count). The van der Waals surface area contributed by atoms with E-state index in [1.165, 1.54) is 37.8 Å². The highest BCUT2D eigenvalue weighted by Gasteiger charge is 2.15. The van der Waals surface area contributed by atoms with E-state index in [1.54, 1.807) is 6.07 Å². The van der Waals surface area contributed by atoms with E-state index in [4.69, 9.17) is 10.5 Å². The third kappa shape index (κ3) is 3.45. The Bertz CT molecular complexity index is 386. The van der Waals surface area contributed by atoms with Crippen LogP contribution in [0.3, 0.4) is 0 Å². The van der Waals surface area contributed by atoms with Crippen LogP contribution in [0.1, 0.15) is 50.6 Å². The smallest absolute Gasteiger partial charge is 0.124 e. The van der Waals surface area contributed by atoms with Gasteiger partial charge in [0.25, 0.3) is 0 Å². The molecule has 0 bridgehead atoms. The SMILES string of the molecule is CC(N)c1cc(F)ccc1OCCC1CCCC1. The third-order valence-electron chi connectivity index (χ3n) is 3.72. The zero-order chi connectivity index (χ0) is 13.0. The lowest BCUT2D eigenvalue weighted by Gasteiger charge is -2.15. The van der Waals surface area contributed by atoms with Gasteiger partial charge in [0.2, 0.25) is 0 Å². The Morgan fingerprint density at radius 1 is 1.39 bits per heavy atom. The molecule has 0 radical (unpaired) electrons. The molecule has 100 valence electrons. The van der Waals surface area contributed by atoms with Crippen LogP contribution < -0.4 is 10.5 Å². The van der Waals surface area contributed by atoms with Gasteiger partial charge in [-0.2, -0.15) is 0 Å². The lowest BCUT2D eigenvalue weighted by molar-refractivity contribution is 0.275. The third-order valence-corrected chi connectivity index (χ3v) is 3.72. The van der Waals surface area contributed by atoms with Gasteiger partial charge in [-0.05, 0) is 37.5 Å². The van der Waals surface area contributed by atoms with Crippen LogP contribution in [0.25, 0.3) is 0 Å². The summed E-state index contributed by atoms with van der Waals surface area (Å²) < 4.78 is 18.9. The zero-order valence-electron chi connectivity index (χ0n) is 11.0. The van der Waals surface area contributed by atoms with Crippen LogP contribution in [0.2, 0.25) is 0 Å². The van der Waals surface area contributed by atoms with E-state index in [0.29, 0.717) is 6.61 Å². The lowest BCUT2D eigenvalue weighted by atomic mass is 10.0. The average molecular weight is 251 g/mol. The minimum atomic E-state index is -0.259.